The Labute approximate surface area is 117 Å². The fourth-order valence-corrected chi connectivity index (χ4v) is 1.99. The summed E-state index contributed by atoms with van der Waals surface area (Å²) in [4.78, 5) is 15.0. The Bertz CT molecular complexity index is 500. The topological polar surface area (TPSA) is 56.0 Å². The predicted octanol–water partition coefficient (Wildman–Crippen LogP) is 2.94. The van der Waals surface area contributed by atoms with Gasteiger partial charge in [0, 0.05) is 17.5 Å². The summed E-state index contributed by atoms with van der Waals surface area (Å²) in [6, 6.07) is 3.12. The molecule has 19 heavy (non-hydrogen) atoms. The summed E-state index contributed by atoms with van der Waals surface area (Å²) in [5, 5.41) is 0.276. The molecule has 0 fully saturated rings. The zero-order chi connectivity index (χ0) is 14.6. The van der Waals surface area contributed by atoms with E-state index < -0.39 is 17.7 Å². The number of hydrogen-bond donors (Lipinski definition) is 1. The number of ketones is 1. The van der Waals surface area contributed by atoms with Crippen LogP contribution in [-0.4, -0.2) is 23.2 Å². The van der Waals surface area contributed by atoms with Crippen LogP contribution in [0.25, 0.3) is 0 Å². The molecule has 0 unspecified atom stereocenters. The highest BCUT2D eigenvalue weighted by atomic mass is 35.5. The van der Waals surface area contributed by atoms with Crippen molar-refractivity contribution in [2.75, 3.05) is 6.26 Å². The van der Waals surface area contributed by atoms with Crippen LogP contribution in [0.5, 0.6) is 0 Å². The fourth-order valence-electron chi connectivity index (χ4n) is 1.25. The molecule has 0 aliphatic rings. The number of hydrogen-bond acceptors (Lipinski definition) is 4. The first-order valence-electron chi connectivity index (χ1n) is 5.00. The second-order valence-electron chi connectivity index (χ2n) is 3.53. The van der Waals surface area contributed by atoms with Gasteiger partial charge in [-0.3, -0.25) is 4.79 Å². The number of rotatable bonds is 4. The van der Waals surface area contributed by atoms with Crippen LogP contribution < -0.4 is 5.73 Å². The van der Waals surface area contributed by atoms with Gasteiger partial charge in [-0.1, -0.05) is 17.7 Å². The van der Waals surface area contributed by atoms with Gasteiger partial charge in [-0.05, 0) is 17.9 Å². The summed E-state index contributed by atoms with van der Waals surface area (Å²) >= 11 is 6.59. The van der Waals surface area contributed by atoms with Crippen LogP contribution in [0.15, 0.2) is 28.9 Å². The number of carbonyl (C=O) groups excluding carboxylic acids is 1. The molecule has 1 heterocycles. The van der Waals surface area contributed by atoms with Crippen LogP contribution in [0.3, 0.4) is 0 Å². The first kappa shape index (κ1) is 15.8. The van der Waals surface area contributed by atoms with Crippen LogP contribution in [0.4, 0.5) is 13.2 Å². The van der Waals surface area contributed by atoms with E-state index in [1.807, 2.05) is 0 Å². The Balaban J connectivity index is 3.00. The lowest BCUT2D eigenvalue weighted by atomic mass is 10.1. The van der Waals surface area contributed by atoms with Gasteiger partial charge in [0.05, 0.1) is 5.70 Å². The number of carbonyl (C=O) groups is 1. The van der Waals surface area contributed by atoms with Crippen molar-refractivity contribution in [3.8, 4) is 0 Å². The summed E-state index contributed by atoms with van der Waals surface area (Å²) in [5.74, 6) is -2.03. The second-order valence-corrected chi connectivity index (χ2v) is 4.82. The number of halogens is 4. The monoisotopic (exact) mass is 310 g/mol. The first-order valence-corrected chi connectivity index (χ1v) is 6.60. The van der Waals surface area contributed by atoms with Crippen molar-refractivity contribution in [1.82, 2.24) is 4.98 Å². The number of nitrogens with zero attached hydrogens (tertiary/aromatic N) is 1. The van der Waals surface area contributed by atoms with Crippen molar-refractivity contribution in [2.24, 2.45) is 5.73 Å². The summed E-state index contributed by atoms with van der Waals surface area (Å²) in [7, 11) is 0. The first-order chi connectivity index (χ1) is 8.75. The van der Waals surface area contributed by atoms with Crippen LogP contribution >= 0.6 is 23.4 Å². The van der Waals surface area contributed by atoms with Crippen molar-refractivity contribution in [3.05, 3.63) is 39.6 Å². The number of pyridine rings is 1. The maximum atomic E-state index is 12.3. The molecule has 1 aromatic heterocycles. The Morgan fingerprint density at radius 3 is 2.53 bits per heavy atom. The normalized spacial score (nSPS) is 13.1. The van der Waals surface area contributed by atoms with Gasteiger partial charge in [-0.15, -0.1) is 11.8 Å². The van der Waals surface area contributed by atoms with E-state index >= 15 is 0 Å². The zero-order valence-corrected chi connectivity index (χ0v) is 11.4. The van der Waals surface area contributed by atoms with E-state index in [-0.39, 0.29) is 16.5 Å². The molecule has 0 aliphatic heterocycles. The Kier molecular flexibility index (Phi) is 5.25. The summed E-state index contributed by atoms with van der Waals surface area (Å²) in [6.07, 6.45) is -1.90. The van der Waals surface area contributed by atoms with Gasteiger partial charge in [0.2, 0.25) is 0 Å². The number of allylic oxidation sites excluding steroid dienone is 2. The van der Waals surface area contributed by atoms with E-state index in [4.69, 9.17) is 17.3 Å². The molecule has 0 saturated carbocycles. The molecule has 0 aromatic carbocycles. The van der Waals surface area contributed by atoms with E-state index in [2.05, 4.69) is 4.98 Å². The van der Waals surface area contributed by atoms with E-state index in [1.54, 1.807) is 12.3 Å². The Morgan fingerprint density at radius 1 is 1.47 bits per heavy atom. The van der Waals surface area contributed by atoms with E-state index in [0.29, 0.717) is 5.56 Å². The fraction of sp³-hybridized carbons (Fsp3) is 0.273. The average Bonchev–Trinajstić information content (AvgIpc) is 2.35. The van der Waals surface area contributed by atoms with E-state index in [1.165, 1.54) is 12.3 Å². The van der Waals surface area contributed by atoms with Crippen molar-refractivity contribution in [1.29, 1.82) is 0 Å². The standard InChI is InChI=1S/C11H10ClF3N2OS/c1-19-7(9(16)10(18)11(13,14)15)4-6-2-3-8(12)17-5-6/h2-3,5H,4,16H2,1H3. The van der Waals surface area contributed by atoms with Gasteiger partial charge in [0.15, 0.2) is 0 Å². The molecule has 3 nitrogen and oxygen atoms in total. The van der Waals surface area contributed by atoms with E-state index in [0.717, 1.165) is 11.8 Å². The van der Waals surface area contributed by atoms with Gasteiger partial charge < -0.3 is 5.73 Å². The van der Waals surface area contributed by atoms with Gasteiger partial charge in [-0.2, -0.15) is 13.2 Å². The lowest BCUT2D eigenvalue weighted by molar-refractivity contribution is -0.166. The quantitative estimate of drug-likeness (QED) is 0.686. The van der Waals surface area contributed by atoms with Gasteiger partial charge in [0.25, 0.3) is 5.78 Å². The molecule has 1 aromatic rings. The Hall–Kier alpha value is -1.21. The summed E-state index contributed by atoms with van der Waals surface area (Å²) in [6.45, 7) is 0. The van der Waals surface area contributed by atoms with E-state index in [9.17, 15) is 18.0 Å². The minimum absolute atomic E-state index is 0.0962. The van der Waals surface area contributed by atoms with Crippen LogP contribution in [0.1, 0.15) is 5.56 Å². The molecule has 0 amide bonds. The highest BCUT2D eigenvalue weighted by Gasteiger charge is 2.40. The Morgan fingerprint density at radius 2 is 2.11 bits per heavy atom. The molecule has 0 radical (unpaired) electrons. The number of alkyl halides is 3. The number of thioether (sulfide) groups is 1. The van der Waals surface area contributed by atoms with Crippen molar-refractivity contribution in [2.45, 2.75) is 12.6 Å². The lowest BCUT2D eigenvalue weighted by Crippen LogP contribution is -2.29. The molecule has 0 atom stereocenters. The molecule has 104 valence electrons. The molecular formula is C11H10ClF3N2OS. The van der Waals surface area contributed by atoms with Crippen molar-refractivity contribution in [3.63, 3.8) is 0 Å². The highest BCUT2D eigenvalue weighted by molar-refractivity contribution is 8.02. The van der Waals surface area contributed by atoms with Crippen LogP contribution in [0.2, 0.25) is 5.15 Å². The van der Waals surface area contributed by atoms with Crippen molar-refractivity contribution < 1.29 is 18.0 Å². The van der Waals surface area contributed by atoms with Gasteiger partial charge >= 0.3 is 6.18 Å². The predicted molar refractivity (Wildman–Crippen MR) is 68.7 cm³/mol. The smallest absolute Gasteiger partial charge is 0.395 e. The molecule has 8 heteroatoms. The van der Waals surface area contributed by atoms with Gasteiger partial charge in [-0.25, -0.2) is 4.98 Å². The van der Waals surface area contributed by atoms with Crippen molar-refractivity contribution >= 4 is 29.1 Å². The molecule has 1 rings (SSSR count). The van der Waals surface area contributed by atoms with Gasteiger partial charge in [0.1, 0.15) is 5.15 Å². The minimum atomic E-state index is -4.97. The molecule has 0 aliphatic carbocycles. The third-order valence-corrected chi connectivity index (χ3v) is 3.28. The maximum absolute atomic E-state index is 12.3. The third kappa shape index (κ3) is 4.43. The largest absolute Gasteiger partial charge is 0.456 e. The highest BCUT2D eigenvalue weighted by Crippen LogP contribution is 2.26. The average molecular weight is 311 g/mol. The maximum Gasteiger partial charge on any atom is 0.456 e. The molecule has 0 saturated heterocycles. The zero-order valence-electron chi connectivity index (χ0n) is 9.79. The number of Topliss-reactive ketones (excluding diaryl/α,β-unsaturated/α-hetero) is 1. The van der Waals surface area contributed by atoms with Crippen LogP contribution in [-0.2, 0) is 11.2 Å². The molecular weight excluding hydrogens is 301 g/mol. The summed E-state index contributed by atoms with van der Waals surface area (Å²) < 4.78 is 36.9. The molecule has 0 spiro atoms. The lowest BCUT2D eigenvalue weighted by Gasteiger charge is -2.11. The third-order valence-electron chi connectivity index (χ3n) is 2.20. The summed E-state index contributed by atoms with van der Waals surface area (Å²) in [5.41, 5.74) is 5.11. The second kappa shape index (κ2) is 6.29. The van der Waals surface area contributed by atoms with Crippen LogP contribution in [0, 0.1) is 0 Å². The molecule has 2 N–H and O–H groups in total. The SMILES string of the molecule is CSC(Cc1ccc(Cl)nc1)=C(N)C(=O)C(F)(F)F. The minimum Gasteiger partial charge on any atom is -0.395 e. The number of aromatic nitrogens is 1. The molecule has 0 bridgehead atoms. The number of nitrogens with two attached hydrogens (primary N) is 1.